The molecule has 1 heterocycles. The van der Waals surface area contributed by atoms with Crippen LogP contribution in [0.2, 0.25) is 0 Å². The predicted octanol–water partition coefficient (Wildman–Crippen LogP) is 1.74. The van der Waals surface area contributed by atoms with Crippen LogP contribution in [0.1, 0.15) is 20.3 Å². The Kier molecular flexibility index (Phi) is 5.61. The lowest BCUT2D eigenvalue weighted by atomic mass is 10.1. The topological polar surface area (TPSA) is 61.4 Å². The molecule has 1 fully saturated rings. The highest BCUT2D eigenvalue weighted by molar-refractivity contribution is 7.89. The zero-order valence-electron chi connectivity index (χ0n) is 12.8. The lowest BCUT2D eigenvalue weighted by Crippen LogP contribution is -2.25. The highest BCUT2D eigenvalue weighted by atomic mass is 32.2. The number of rotatable bonds is 7. The van der Waals surface area contributed by atoms with E-state index < -0.39 is 10.0 Å². The minimum absolute atomic E-state index is 0.331. The van der Waals surface area contributed by atoms with Crippen LogP contribution in [0.15, 0.2) is 29.2 Å². The highest BCUT2D eigenvalue weighted by Crippen LogP contribution is 2.22. The van der Waals surface area contributed by atoms with Crippen molar-refractivity contribution in [1.29, 1.82) is 0 Å². The van der Waals surface area contributed by atoms with Gasteiger partial charge in [-0.1, -0.05) is 26.0 Å². The molecular weight excluding hydrogens is 286 g/mol. The smallest absolute Gasteiger partial charge is 0.242 e. The maximum absolute atomic E-state index is 12.2. The van der Waals surface area contributed by atoms with Crippen LogP contribution < -0.4 is 10.0 Å². The zero-order chi connectivity index (χ0) is 15.3. The standard InChI is InChI=1S/C15H25N3O2S/c1-3-17-21(19,20)15-8-6-5-7-14(15)16-11-13-9-10-18(4-2)12-13/h5-8,13,16-17H,3-4,9-12H2,1-2H3. The van der Waals surface area contributed by atoms with Gasteiger partial charge in [-0.15, -0.1) is 0 Å². The first-order valence-electron chi connectivity index (χ1n) is 7.61. The van der Waals surface area contributed by atoms with E-state index in [0.717, 1.165) is 26.2 Å². The van der Waals surface area contributed by atoms with Gasteiger partial charge in [0.05, 0.1) is 5.69 Å². The first-order valence-corrected chi connectivity index (χ1v) is 9.10. The molecule has 118 valence electrons. The Morgan fingerprint density at radius 1 is 1.29 bits per heavy atom. The van der Waals surface area contributed by atoms with Gasteiger partial charge < -0.3 is 10.2 Å². The molecule has 21 heavy (non-hydrogen) atoms. The normalized spacial score (nSPS) is 19.8. The van der Waals surface area contributed by atoms with Gasteiger partial charge in [0.15, 0.2) is 0 Å². The van der Waals surface area contributed by atoms with E-state index in [1.165, 1.54) is 6.42 Å². The van der Waals surface area contributed by atoms with Gasteiger partial charge in [-0.05, 0) is 37.6 Å². The number of para-hydroxylation sites is 1. The van der Waals surface area contributed by atoms with Crippen LogP contribution >= 0.6 is 0 Å². The third-order valence-corrected chi connectivity index (χ3v) is 5.51. The van der Waals surface area contributed by atoms with Crippen molar-refractivity contribution < 1.29 is 8.42 Å². The molecule has 0 amide bonds. The molecule has 0 spiro atoms. The number of sulfonamides is 1. The largest absolute Gasteiger partial charge is 0.384 e. The lowest BCUT2D eigenvalue weighted by Gasteiger charge is -2.16. The van der Waals surface area contributed by atoms with E-state index in [9.17, 15) is 8.42 Å². The van der Waals surface area contributed by atoms with Crippen molar-refractivity contribution in [1.82, 2.24) is 9.62 Å². The Labute approximate surface area is 127 Å². The average molecular weight is 311 g/mol. The molecular formula is C15H25N3O2S. The van der Waals surface area contributed by atoms with Crippen LogP contribution in [-0.2, 0) is 10.0 Å². The number of nitrogens with zero attached hydrogens (tertiary/aromatic N) is 1. The van der Waals surface area contributed by atoms with E-state index in [4.69, 9.17) is 0 Å². The summed E-state index contributed by atoms with van der Waals surface area (Å²) in [5.41, 5.74) is 0.688. The Bertz CT molecular complexity index is 560. The third-order valence-electron chi connectivity index (χ3n) is 3.91. The monoisotopic (exact) mass is 311 g/mol. The number of anilines is 1. The van der Waals surface area contributed by atoms with Crippen molar-refractivity contribution in [3.63, 3.8) is 0 Å². The van der Waals surface area contributed by atoms with Gasteiger partial charge in [0, 0.05) is 19.6 Å². The van der Waals surface area contributed by atoms with Crippen molar-refractivity contribution in [3.05, 3.63) is 24.3 Å². The summed E-state index contributed by atoms with van der Waals surface area (Å²) in [4.78, 5) is 2.75. The second-order valence-electron chi connectivity index (χ2n) is 5.43. The molecule has 5 nitrogen and oxygen atoms in total. The molecule has 0 saturated carbocycles. The van der Waals surface area contributed by atoms with Crippen molar-refractivity contribution in [2.24, 2.45) is 5.92 Å². The minimum atomic E-state index is -3.43. The molecule has 1 atom stereocenters. The van der Waals surface area contributed by atoms with Crippen molar-refractivity contribution >= 4 is 15.7 Å². The van der Waals surface area contributed by atoms with Crippen molar-refractivity contribution in [2.45, 2.75) is 25.2 Å². The fourth-order valence-electron chi connectivity index (χ4n) is 2.74. The van der Waals surface area contributed by atoms with Gasteiger partial charge >= 0.3 is 0 Å². The van der Waals surface area contributed by atoms with Crippen LogP contribution in [0, 0.1) is 5.92 Å². The molecule has 1 saturated heterocycles. The second kappa shape index (κ2) is 7.24. The number of nitrogens with one attached hydrogen (secondary N) is 2. The highest BCUT2D eigenvalue weighted by Gasteiger charge is 2.22. The molecule has 2 N–H and O–H groups in total. The second-order valence-corrected chi connectivity index (χ2v) is 7.16. The van der Waals surface area contributed by atoms with Crippen LogP contribution in [-0.4, -0.2) is 46.0 Å². The molecule has 1 aliphatic heterocycles. The molecule has 1 aromatic carbocycles. The summed E-state index contributed by atoms with van der Waals surface area (Å²) in [6.45, 7) is 8.48. The van der Waals surface area contributed by atoms with E-state index in [1.54, 1.807) is 19.1 Å². The maximum atomic E-state index is 12.2. The minimum Gasteiger partial charge on any atom is -0.384 e. The molecule has 1 aliphatic rings. The number of hydrogen-bond donors (Lipinski definition) is 2. The summed E-state index contributed by atoms with van der Waals surface area (Å²) in [7, 11) is -3.43. The van der Waals surface area contributed by atoms with Gasteiger partial charge in [0.1, 0.15) is 4.90 Å². The van der Waals surface area contributed by atoms with Gasteiger partial charge in [0.2, 0.25) is 10.0 Å². The summed E-state index contributed by atoms with van der Waals surface area (Å²) >= 11 is 0. The predicted molar refractivity (Wildman–Crippen MR) is 86.0 cm³/mol. The van der Waals surface area contributed by atoms with Crippen LogP contribution in [0.3, 0.4) is 0 Å². The fourth-order valence-corrected chi connectivity index (χ4v) is 3.96. The van der Waals surface area contributed by atoms with E-state index >= 15 is 0 Å². The Morgan fingerprint density at radius 2 is 2.05 bits per heavy atom. The van der Waals surface area contributed by atoms with Crippen LogP contribution in [0.4, 0.5) is 5.69 Å². The average Bonchev–Trinajstić information content (AvgIpc) is 2.93. The fraction of sp³-hybridized carbons (Fsp3) is 0.600. The quantitative estimate of drug-likeness (QED) is 0.805. The third kappa shape index (κ3) is 4.18. The molecule has 0 radical (unpaired) electrons. The summed E-state index contributed by atoms with van der Waals surface area (Å²) in [5, 5.41) is 3.32. The van der Waals surface area contributed by atoms with E-state index in [2.05, 4.69) is 21.9 Å². The van der Waals surface area contributed by atoms with Gasteiger partial charge in [-0.2, -0.15) is 0 Å². The van der Waals surface area contributed by atoms with Crippen molar-refractivity contribution in [3.8, 4) is 0 Å². The zero-order valence-corrected chi connectivity index (χ0v) is 13.6. The summed E-state index contributed by atoms with van der Waals surface area (Å²) in [5.74, 6) is 0.583. The summed E-state index contributed by atoms with van der Waals surface area (Å²) in [6, 6.07) is 7.09. The maximum Gasteiger partial charge on any atom is 0.242 e. The molecule has 6 heteroatoms. The molecule has 0 bridgehead atoms. The van der Waals surface area contributed by atoms with Gasteiger partial charge in [-0.25, -0.2) is 13.1 Å². The summed E-state index contributed by atoms with van der Waals surface area (Å²) < 4.78 is 26.9. The number of benzene rings is 1. The Balaban J connectivity index is 2.04. The van der Waals surface area contributed by atoms with Crippen LogP contribution in [0.5, 0.6) is 0 Å². The molecule has 1 aromatic rings. The molecule has 0 aliphatic carbocycles. The Morgan fingerprint density at radius 3 is 2.71 bits per heavy atom. The first kappa shape index (κ1) is 16.3. The van der Waals surface area contributed by atoms with Gasteiger partial charge in [-0.3, -0.25) is 0 Å². The van der Waals surface area contributed by atoms with Gasteiger partial charge in [0.25, 0.3) is 0 Å². The van der Waals surface area contributed by atoms with E-state index in [-0.39, 0.29) is 0 Å². The number of hydrogen-bond acceptors (Lipinski definition) is 4. The molecule has 1 unspecified atom stereocenters. The SMILES string of the molecule is CCNS(=O)(=O)c1ccccc1NCC1CCN(CC)C1. The van der Waals surface area contributed by atoms with E-state index in [0.29, 0.717) is 23.0 Å². The molecule has 2 rings (SSSR count). The van der Waals surface area contributed by atoms with Crippen molar-refractivity contribution in [2.75, 3.05) is 38.0 Å². The molecule has 0 aromatic heterocycles. The van der Waals surface area contributed by atoms with E-state index in [1.807, 2.05) is 12.1 Å². The lowest BCUT2D eigenvalue weighted by molar-refractivity contribution is 0.345. The Hall–Kier alpha value is -1.11. The number of likely N-dealkylation sites (tertiary alicyclic amines) is 1. The first-order chi connectivity index (χ1) is 10.1. The summed E-state index contributed by atoms with van der Waals surface area (Å²) in [6.07, 6.45) is 1.17. The van der Waals surface area contributed by atoms with Crippen LogP contribution in [0.25, 0.3) is 0 Å².